The van der Waals surface area contributed by atoms with E-state index in [1.807, 2.05) is 62.4 Å². The average molecular weight is 332 g/mol. The lowest BCUT2D eigenvalue weighted by Gasteiger charge is -2.09. The molecule has 0 atom stereocenters. The van der Waals surface area contributed by atoms with Crippen LogP contribution in [0.1, 0.15) is 27.0 Å². The fourth-order valence-corrected chi connectivity index (χ4v) is 2.69. The first kappa shape index (κ1) is 16.7. The summed E-state index contributed by atoms with van der Waals surface area (Å²) in [5.41, 5.74) is 10.7. The van der Waals surface area contributed by atoms with Crippen LogP contribution in [-0.4, -0.2) is 10.9 Å². The van der Waals surface area contributed by atoms with E-state index in [2.05, 4.69) is 4.98 Å². The lowest BCUT2D eigenvalue weighted by atomic mass is 10.0. The lowest BCUT2D eigenvalue weighted by Crippen LogP contribution is -2.12. The molecular formula is C21H20N2O2. The zero-order valence-electron chi connectivity index (χ0n) is 14.3. The molecule has 0 fully saturated rings. The highest BCUT2D eigenvalue weighted by Crippen LogP contribution is 2.22. The fourth-order valence-electron chi connectivity index (χ4n) is 2.69. The number of hydrogen-bond acceptors (Lipinski definition) is 3. The van der Waals surface area contributed by atoms with E-state index in [-0.39, 0.29) is 0 Å². The van der Waals surface area contributed by atoms with E-state index in [9.17, 15) is 4.79 Å². The third-order valence-electron chi connectivity index (χ3n) is 4.01. The van der Waals surface area contributed by atoms with Crippen LogP contribution < -0.4 is 10.5 Å². The van der Waals surface area contributed by atoms with Gasteiger partial charge in [0.1, 0.15) is 12.4 Å². The van der Waals surface area contributed by atoms with Crippen LogP contribution in [-0.2, 0) is 6.61 Å². The molecule has 0 radical (unpaired) electrons. The summed E-state index contributed by atoms with van der Waals surface area (Å²) in [7, 11) is 0. The van der Waals surface area contributed by atoms with E-state index in [0.29, 0.717) is 12.2 Å². The Kier molecular flexibility index (Phi) is 4.80. The largest absolute Gasteiger partial charge is 0.489 e. The van der Waals surface area contributed by atoms with Crippen molar-refractivity contribution in [3.05, 3.63) is 83.0 Å². The number of benzene rings is 2. The maximum absolute atomic E-state index is 11.4. The molecule has 2 aromatic carbocycles. The average Bonchev–Trinajstić information content (AvgIpc) is 2.60. The van der Waals surface area contributed by atoms with Gasteiger partial charge in [-0.05, 0) is 66.9 Å². The van der Waals surface area contributed by atoms with Crippen molar-refractivity contribution in [3.63, 3.8) is 0 Å². The molecule has 1 aromatic heterocycles. The first-order valence-electron chi connectivity index (χ1n) is 8.08. The summed E-state index contributed by atoms with van der Waals surface area (Å²) in [5.74, 6) is 0.428. The van der Waals surface area contributed by atoms with E-state index in [1.165, 1.54) is 0 Å². The second kappa shape index (κ2) is 7.18. The molecule has 4 heteroatoms. The summed E-state index contributed by atoms with van der Waals surface area (Å²) in [4.78, 5) is 15.8. The van der Waals surface area contributed by atoms with Gasteiger partial charge in [0, 0.05) is 17.3 Å². The van der Waals surface area contributed by atoms with Gasteiger partial charge in [-0.1, -0.05) is 18.2 Å². The second-order valence-corrected chi connectivity index (χ2v) is 6.05. The van der Waals surface area contributed by atoms with Crippen molar-refractivity contribution < 1.29 is 9.53 Å². The van der Waals surface area contributed by atoms with Crippen molar-refractivity contribution in [1.29, 1.82) is 0 Å². The lowest BCUT2D eigenvalue weighted by molar-refractivity contribution is 0.0999. The van der Waals surface area contributed by atoms with Crippen LogP contribution in [0.2, 0.25) is 0 Å². The molecule has 4 nitrogen and oxygen atoms in total. The summed E-state index contributed by atoms with van der Waals surface area (Å²) in [6, 6.07) is 17.4. The maximum atomic E-state index is 11.4. The molecule has 3 aromatic rings. The molecule has 0 bridgehead atoms. The number of rotatable bonds is 5. The highest BCUT2D eigenvalue weighted by Gasteiger charge is 2.08. The highest BCUT2D eigenvalue weighted by atomic mass is 16.5. The number of nitrogens with two attached hydrogens (primary N) is 1. The van der Waals surface area contributed by atoms with Crippen molar-refractivity contribution in [1.82, 2.24) is 4.98 Å². The monoisotopic (exact) mass is 332 g/mol. The van der Waals surface area contributed by atoms with Gasteiger partial charge in [-0.2, -0.15) is 0 Å². The van der Waals surface area contributed by atoms with Gasteiger partial charge in [0.15, 0.2) is 0 Å². The SMILES string of the molecule is Cc1cccc(OCc2ccnc(-c3ccc(C(N)=O)c(C)c3)c2)c1. The molecule has 0 aliphatic rings. The van der Waals surface area contributed by atoms with Crippen LogP contribution >= 0.6 is 0 Å². The quantitative estimate of drug-likeness (QED) is 0.767. The summed E-state index contributed by atoms with van der Waals surface area (Å²) < 4.78 is 5.85. The van der Waals surface area contributed by atoms with E-state index in [1.54, 1.807) is 12.3 Å². The third kappa shape index (κ3) is 4.04. The van der Waals surface area contributed by atoms with Gasteiger partial charge in [0.05, 0.1) is 5.69 Å². The molecule has 0 aliphatic carbocycles. The minimum atomic E-state index is -0.419. The van der Waals surface area contributed by atoms with E-state index >= 15 is 0 Å². The van der Waals surface area contributed by atoms with Crippen LogP contribution in [0.3, 0.4) is 0 Å². The van der Waals surface area contributed by atoms with Crippen LogP contribution in [0, 0.1) is 13.8 Å². The highest BCUT2D eigenvalue weighted by molar-refractivity contribution is 5.94. The number of amides is 1. The maximum Gasteiger partial charge on any atom is 0.248 e. The molecule has 0 saturated heterocycles. The van der Waals surface area contributed by atoms with Crippen LogP contribution in [0.15, 0.2) is 60.8 Å². The van der Waals surface area contributed by atoms with Crippen molar-refractivity contribution in [2.24, 2.45) is 5.73 Å². The summed E-state index contributed by atoms with van der Waals surface area (Å²) in [5, 5.41) is 0. The van der Waals surface area contributed by atoms with E-state index in [4.69, 9.17) is 10.5 Å². The van der Waals surface area contributed by atoms with Crippen LogP contribution in [0.4, 0.5) is 0 Å². The van der Waals surface area contributed by atoms with E-state index in [0.717, 1.165) is 33.7 Å². The molecule has 126 valence electrons. The number of hydrogen-bond donors (Lipinski definition) is 1. The first-order valence-corrected chi connectivity index (χ1v) is 8.08. The number of carbonyl (C=O) groups is 1. The van der Waals surface area contributed by atoms with E-state index < -0.39 is 5.91 Å². The topological polar surface area (TPSA) is 65.2 Å². The Morgan fingerprint density at radius 3 is 2.64 bits per heavy atom. The van der Waals surface area contributed by atoms with Crippen molar-refractivity contribution in [2.75, 3.05) is 0 Å². The number of aryl methyl sites for hydroxylation is 2. The molecule has 0 saturated carbocycles. The molecule has 3 rings (SSSR count). The number of primary amides is 1. The van der Waals surface area contributed by atoms with Gasteiger partial charge in [-0.25, -0.2) is 0 Å². The number of nitrogens with zero attached hydrogens (tertiary/aromatic N) is 1. The smallest absolute Gasteiger partial charge is 0.248 e. The van der Waals surface area contributed by atoms with Crippen LogP contribution in [0.25, 0.3) is 11.3 Å². The summed E-state index contributed by atoms with van der Waals surface area (Å²) >= 11 is 0. The van der Waals surface area contributed by atoms with Gasteiger partial charge < -0.3 is 10.5 Å². The first-order chi connectivity index (χ1) is 12.0. The van der Waals surface area contributed by atoms with Crippen molar-refractivity contribution in [2.45, 2.75) is 20.5 Å². The minimum absolute atomic E-state index is 0.419. The fraction of sp³-hybridized carbons (Fsp3) is 0.143. The number of carbonyl (C=O) groups excluding carboxylic acids is 1. The van der Waals surface area contributed by atoms with Gasteiger partial charge >= 0.3 is 0 Å². The predicted octanol–water partition coefficient (Wildman–Crippen LogP) is 4.04. The zero-order chi connectivity index (χ0) is 17.8. The Morgan fingerprint density at radius 2 is 1.92 bits per heavy atom. The van der Waals surface area contributed by atoms with Gasteiger partial charge in [0.2, 0.25) is 5.91 Å². The van der Waals surface area contributed by atoms with Crippen molar-refractivity contribution >= 4 is 5.91 Å². The molecule has 1 heterocycles. The number of ether oxygens (including phenoxy) is 1. The molecular weight excluding hydrogens is 312 g/mol. The van der Waals surface area contributed by atoms with Gasteiger partial charge in [0.25, 0.3) is 0 Å². The van der Waals surface area contributed by atoms with Crippen LogP contribution in [0.5, 0.6) is 5.75 Å². The Bertz CT molecular complexity index is 919. The molecule has 25 heavy (non-hydrogen) atoms. The zero-order valence-corrected chi connectivity index (χ0v) is 14.3. The molecule has 1 amide bonds. The molecule has 0 unspecified atom stereocenters. The third-order valence-corrected chi connectivity index (χ3v) is 4.01. The van der Waals surface area contributed by atoms with Gasteiger partial charge in [-0.3, -0.25) is 9.78 Å². The summed E-state index contributed by atoms with van der Waals surface area (Å²) in [6.45, 7) is 4.38. The number of aromatic nitrogens is 1. The Hall–Kier alpha value is -3.14. The Balaban J connectivity index is 1.79. The number of pyridine rings is 1. The normalized spacial score (nSPS) is 10.5. The Labute approximate surface area is 147 Å². The summed E-state index contributed by atoms with van der Waals surface area (Å²) in [6.07, 6.45) is 1.77. The minimum Gasteiger partial charge on any atom is -0.489 e. The molecule has 0 aliphatic heterocycles. The Morgan fingerprint density at radius 1 is 1.08 bits per heavy atom. The predicted molar refractivity (Wildman–Crippen MR) is 98.4 cm³/mol. The van der Waals surface area contributed by atoms with Gasteiger partial charge in [-0.15, -0.1) is 0 Å². The molecule has 2 N–H and O–H groups in total. The standard InChI is InChI=1S/C21H20N2O2/c1-14-4-3-5-18(10-14)25-13-16-8-9-23-20(12-16)17-6-7-19(21(22)24)15(2)11-17/h3-12H,13H2,1-2H3,(H2,22,24). The second-order valence-electron chi connectivity index (χ2n) is 6.05. The molecule has 0 spiro atoms. The van der Waals surface area contributed by atoms with Crippen molar-refractivity contribution in [3.8, 4) is 17.0 Å².